The molecule has 0 spiro atoms. The first-order chi connectivity index (χ1) is 9.86. The van der Waals surface area contributed by atoms with Crippen LogP contribution >= 0.6 is 11.3 Å². The van der Waals surface area contributed by atoms with Gasteiger partial charge in [-0.1, -0.05) is 23.5 Å². The van der Waals surface area contributed by atoms with Gasteiger partial charge in [0.2, 0.25) is 4.96 Å². The number of hydrogen-bond donors (Lipinski definition) is 1. The number of carboxylic acids is 1. The Morgan fingerprint density at radius 1 is 1.19 bits per heavy atom. The fraction of sp³-hybridized carbons (Fsp3) is 0.0909. The van der Waals surface area contributed by atoms with Crippen LogP contribution in [-0.2, 0) is 6.18 Å². The van der Waals surface area contributed by atoms with Gasteiger partial charge in [0.05, 0.1) is 5.56 Å². The summed E-state index contributed by atoms with van der Waals surface area (Å²) in [7, 11) is 0. The van der Waals surface area contributed by atoms with Crippen molar-refractivity contribution in [2.24, 2.45) is 0 Å². The van der Waals surface area contributed by atoms with E-state index in [-0.39, 0.29) is 10.5 Å². The third-order valence-electron chi connectivity index (χ3n) is 2.62. The summed E-state index contributed by atoms with van der Waals surface area (Å²) in [5, 5.41) is 19.4. The average Bonchev–Trinajstić information content (AvgIpc) is 2.96. The lowest BCUT2D eigenvalue weighted by Crippen LogP contribution is -2.11. The zero-order valence-electron chi connectivity index (χ0n) is 10.00. The number of alkyl halides is 3. The fourth-order valence-corrected chi connectivity index (χ4v) is 2.51. The summed E-state index contributed by atoms with van der Waals surface area (Å²) >= 11 is 0.932. The van der Waals surface area contributed by atoms with Gasteiger partial charge in [-0.05, 0) is 12.1 Å². The number of benzene rings is 1. The van der Waals surface area contributed by atoms with E-state index in [4.69, 9.17) is 5.11 Å². The Morgan fingerprint density at radius 3 is 2.43 bits per heavy atom. The van der Waals surface area contributed by atoms with E-state index in [9.17, 15) is 18.0 Å². The molecule has 0 amide bonds. The van der Waals surface area contributed by atoms with Gasteiger partial charge in [-0.3, -0.25) is 0 Å². The first-order valence-electron chi connectivity index (χ1n) is 5.49. The van der Waals surface area contributed by atoms with Crippen molar-refractivity contribution in [3.63, 3.8) is 0 Å². The van der Waals surface area contributed by atoms with Crippen LogP contribution in [0.3, 0.4) is 0 Å². The monoisotopic (exact) mass is 314 g/mol. The van der Waals surface area contributed by atoms with Crippen molar-refractivity contribution in [3.8, 4) is 10.6 Å². The summed E-state index contributed by atoms with van der Waals surface area (Å²) in [6.45, 7) is 0. The van der Waals surface area contributed by atoms with E-state index in [1.807, 2.05) is 0 Å². The van der Waals surface area contributed by atoms with Crippen LogP contribution in [0.1, 0.15) is 16.2 Å². The summed E-state index contributed by atoms with van der Waals surface area (Å²) in [6.07, 6.45) is -4.64. The van der Waals surface area contributed by atoms with Gasteiger partial charge < -0.3 is 5.11 Å². The molecule has 21 heavy (non-hydrogen) atoms. The van der Waals surface area contributed by atoms with Crippen molar-refractivity contribution in [1.82, 2.24) is 19.8 Å². The zero-order valence-corrected chi connectivity index (χ0v) is 10.8. The van der Waals surface area contributed by atoms with Gasteiger partial charge in [-0.15, -0.1) is 10.2 Å². The second-order valence-corrected chi connectivity index (χ2v) is 4.96. The van der Waals surface area contributed by atoms with E-state index in [1.165, 1.54) is 24.3 Å². The molecule has 0 bridgehead atoms. The number of halogens is 3. The van der Waals surface area contributed by atoms with Crippen LogP contribution in [0.15, 0.2) is 24.3 Å². The maximum absolute atomic E-state index is 12.7. The topological polar surface area (TPSA) is 80.4 Å². The molecule has 0 unspecified atom stereocenters. The molecule has 0 atom stereocenters. The molecule has 0 aliphatic rings. The Hall–Kier alpha value is -2.49. The van der Waals surface area contributed by atoms with Crippen LogP contribution in [0.25, 0.3) is 15.5 Å². The van der Waals surface area contributed by atoms with Crippen molar-refractivity contribution in [1.29, 1.82) is 0 Å². The first-order valence-corrected chi connectivity index (χ1v) is 6.31. The number of fused-ring (bicyclic) bond motifs is 1. The fourth-order valence-electron chi connectivity index (χ4n) is 1.67. The normalized spacial score (nSPS) is 12.0. The van der Waals surface area contributed by atoms with Gasteiger partial charge in [0.25, 0.3) is 5.82 Å². The lowest BCUT2D eigenvalue weighted by Gasteiger charge is -2.00. The van der Waals surface area contributed by atoms with Gasteiger partial charge >= 0.3 is 12.1 Å². The maximum Gasteiger partial charge on any atom is 0.453 e. The van der Waals surface area contributed by atoms with Crippen LogP contribution in [-0.4, -0.2) is 30.9 Å². The summed E-state index contributed by atoms with van der Waals surface area (Å²) in [5.41, 5.74) is 0.585. The van der Waals surface area contributed by atoms with E-state index in [2.05, 4.69) is 15.3 Å². The van der Waals surface area contributed by atoms with Crippen LogP contribution in [0.4, 0.5) is 13.2 Å². The second kappa shape index (κ2) is 4.52. The Labute approximate surface area is 118 Å². The molecule has 6 nitrogen and oxygen atoms in total. The van der Waals surface area contributed by atoms with Crippen molar-refractivity contribution >= 4 is 22.3 Å². The number of hydrogen-bond acceptors (Lipinski definition) is 5. The van der Waals surface area contributed by atoms with Gasteiger partial charge in [0.1, 0.15) is 5.01 Å². The molecule has 2 heterocycles. The third-order valence-corrected chi connectivity index (χ3v) is 3.57. The molecule has 1 N–H and O–H groups in total. The second-order valence-electron chi connectivity index (χ2n) is 4.01. The molecule has 0 saturated heterocycles. The molecular formula is C11H5F3N4O2S. The van der Waals surface area contributed by atoms with Crippen molar-refractivity contribution in [3.05, 3.63) is 35.7 Å². The lowest BCUT2D eigenvalue weighted by molar-refractivity contribution is -0.146. The predicted molar refractivity (Wildman–Crippen MR) is 66.1 cm³/mol. The minimum absolute atomic E-state index is 0.0136. The van der Waals surface area contributed by atoms with Crippen molar-refractivity contribution in [2.75, 3.05) is 0 Å². The molecule has 3 rings (SSSR count). The molecule has 0 aliphatic carbocycles. The zero-order chi connectivity index (χ0) is 15.2. The molecule has 1 aromatic carbocycles. The van der Waals surface area contributed by atoms with E-state index >= 15 is 0 Å². The number of nitrogens with zero attached hydrogens (tertiary/aromatic N) is 4. The molecule has 3 aromatic rings. The SMILES string of the molecule is O=C(O)c1ccc(-c2nn3c(C(F)(F)F)nnc3s2)cc1. The highest BCUT2D eigenvalue weighted by molar-refractivity contribution is 7.19. The highest BCUT2D eigenvalue weighted by Gasteiger charge is 2.38. The number of aromatic carboxylic acids is 1. The molecular weight excluding hydrogens is 309 g/mol. The summed E-state index contributed by atoms with van der Waals surface area (Å²) in [5.74, 6) is -2.28. The average molecular weight is 314 g/mol. The number of carbonyl (C=O) groups is 1. The number of aromatic nitrogens is 4. The molecule has 0 fully saturated rings. The van der Waals surface area contributed by atoms with E-state index in [0.717, 1.165) is 11.3 Å². The van der Waals surface area contributed by atoms with Crippen LogP contribution in [0, 0.1) is 0 Å². The number of rotatable bonds is 2. The minimum Gasteiger partial charge on any atom is -0.478 e. The first kappa shape index (κ1) is 13.5. The summed E-state index contributed by atoms with van der Waals surface area (Å²) < 4.78 is 38.7. The van der Waals surface area contributed by atoms with E-state index in [1.54, 1.807) is 0 Å². The maximum atomic E-state index is 12.7. The van der Waals surface area contributed by atoms with Gasteiger partial charge in [-0.25, -0.2) is 4.79 Å². The highest BCUT2D eigenvalue weighted by atomic mass is 32.1. The summed E-state index contributed by atoms with van der Waals surface area (Å²) in [4.78, 5) is 10.8. The Kier molecular flexibility index (Phi) is 2.90. The Balaban J connectivity index is 2.05. The van der Waals surface area contributed by atoms with Crippen molar-refractivity contribution < 1.29 is 23.1 Å². The highest BCUT2D eigenvalue weighted by Crippen LogP contribution is 2.31. The Morgan fingerprint density at radius 2 is 1.86 bits per heavy atom. The third kappa shape index (κ3) is 2.33. The minimum atomic E-state index is -4.64. The van der Waals surface area contributed by atoms with Gasteiger partial charge in [0, 0.05) is 5.56 Å². The standard InChI is InChI=1S/C11H5F3N4O2S/c12-11(13,14)9-15-16-10-18(9)17-7(21-10)5-1-3-6(4-2-5)8(19)20/h1-4H,(H,19,20). The predicted octanol–water partition coefficient (Wildman–Crippen LogP) is 2.57. The van der Waals surface area contributed by atoms with Crippen LogP contribution in [0.2, 0.25) is 0 Å². The molecule has 0 aliphatic heterocycles. The molecule has 0 saturated carbocycles. The van der Waals surface area contributed by atoms with E-state index < -0.39 is 18.0 Å². The number of carboxylic acid groups (broad SMARTS) is 1. The van der Waals surface area contributed by atoms with Gasteiger partial charge in [-0.2, -0.15) is 22.8 Å². The van der Waals surface area contributed by atoms with Crippen LogP contribution < -0.4 is 0 Å². The lowest BCUT2D eigenvalue weighted by atomic mass is 10.1. The summed E-state index contributed by atoms with van der Waals surface area (Å²) in [6, 6.07) is 5.65. The van der Waals surface area contributed by atoms with Crippen molar-refractivity contribution in [2.45, 2.75) is 6.18 Å². The molecule has 108 valence electrons. The molecule has 2 aromatic heterocycles. The molecule has 10 heteroatoms. The van der Waals surface area contributed by atoms with Crippen LogP contribution in [0.5, 0.6) is 0 Å². The van der Waals surface area contributed by atoms with E-state index in [0.29, 0.717) is 15.1 Å². The molecule has 0 radical (unpaired) electrons. The van der Waals surface area contributed by atoms with Gasteiger partial charge in [0.15, 0.2) is 0 Å². The largest absolute Gasteiger partial charge is 0.478 e. The smallest absolute Gasteiger partial charge is 0.453 e. The quantitative estimate of drug-likeness (QED) is 0.786. The Bertz CT molecular complexity index is 822.